The summed E-state index contributed by atoms with van der Waals surface area (Å²) in [5.41, 5.74) is 0.795. The molecule has 2 aliphatic heterocycles. The van der Waals surface area contributed by atoms with Gasteiger partial charge in [-0.25, -0.2) is 4.79 Å². The highest BCUT2D eigenvalue weighted by molar-refractivity contribution is 5.89. The summed E-state index contributed by atoms with van der Waals surface area (Å²) in [6.07, 6.45) is 4.56. The fourth-order valence-corrected chi connectivity index (χ4v) is 5.29. The molecule has 4 rings (SSSR count). The van der Waals surface area contributed by atoms with Gasteiger partial charge in [-0.3, -0.25) is 14.5 Å². The number of amides is 4. The number of piperazine rings is 2. The highest BCUT2D eigenvalue weighted by atomic mass is 16.2. The number of carbonyl (C=O) groups is 3. The molecule has 32 heavy (non-hydrogen) atoms. The maximum absolute atomic E-state index is 13.6. The molecule has 0 unspecified atom stereocenters. The second-order valence-electron chi connectivity index (χ2n) is 9.14. The van der Waals surface area contributed by atoms with Crippen LogP contribution in [0.25, 0.3) is 0 Å². The predicted molar refractivity (Wildman–Crippen MR) is 123 cm³/mol. The van der Waals surface area contributed by atoms with Gasteiger partial charge in [0, 0.05) is 65.0 Å². The average Bonchev–Trinajstić information content (AvgIpc) is 3.34. The third kappa shape index (κ3) is 5.23. The van der Waals surface area contributed by atoms with Crippen LogP contribution in [0.2, 0.25) is 0 Å². The van der Waals surface area contributed by atoms with E-state index in [0.29, 0.717) is 58.3 Å². The number of nitrogens with one attached hydrogen (secondary N) is 1. The molecule has 0 aromatic heterocycles. The van der Waals surface area contributed by atoms with Crippen LogP contribution >= 0.6 is 0 Å². The van der Waals surface area contributed by atoms with Crippen LogP contribution in [-0.2, 0) is 9.59 Å². The summed E-state index contributed by atoms with van der Waals surface area (Å²) >= 11 is 0. The van der Waals surface area contributed by atoms with Crippen LogP contribution in [0.4, 0.5) is 10.5 Å². The number of para-hydroxylation sites is 1. The Morgan fingerprint density at radius 2 is 1.38 bits per heavy atom. The Morgan fingerprint density at radius 3 is 1.97 bits per heavy atom. The molecule has 2 heterocycles. The van der Waals surface area contributed by atoms with Gasteiger partial charge in [-0.2, -0.15) is 0 Å². The quantitative estimate of drug-likeness (QED) is 0.776. The number of rotatable bonds is 4. The monoisotopic (exact) mass is 441 g/mol. The predicted octanol–water partition coefficient (Wildman–Crippen LogP) is 2.09. The zero-order chi connectivity index (χ0) is 22.5. The lowest BCUT2D eigenvalue weighted by atomic mass is 9.94. The van der Waals surface area contributed by atoms with E-state index in [0.717, 1.165) is 18.5 Å². The van der Waals surface area contributed by atoms with Gasteiger partial charge >= 0.3 is 6.03 Å². The Labute approximate surface area is 190 Å². The first-order chi connectivity index (χ1) is 15.5. The van der Waals surface area contributed by atoms with Crippen molar-refractivity contribution in [3.8, 4) is 0 Å². The van der Waals surface area contributed by atoms with Gasteiger partial charge in [0.25, 0.3) is 0 Å². The summed E-state index contributed by atoms with van der Waals surface area (Å²) in [4.78, 5) is 45.8. The van der Waals surface area contributed by atoms with Crippen molar-refractivity contribution in [2.75, 3.05) is 57.7 Å². The zero-order valence-electron chi connectivity index (χ0n) is 19.0. The fourth-order valence-electron chi connectivity index (χ4n) is 5.29. The zero-order valence-corrected chi connectivity index (χ0v) is 19.0. The lowest BCUT2D eigenvalue weighted by molar-refractivity contribution is -0.144. The molecule has 1 aromatic carbocycles. The highest BCUT2D eigenvalue weighted by Crippen LogP contribution is 2.32. The molecule has 174 valence electrons. The molecule has 3 aliphatic rings. The molecule has 0 spiro atoms. The van der Waals surface area contributed by atoms with E-state index in [9.17, 15) is 14.4 Å². The molecule has 1 aliphatic carbocycles. The molecule has 0 radical (unpaired) electrons. The number of urea groups is 1. The Hall–Kier alpha value is -2.61. The summed E-state index contributed by atoms with van der Waals surface area (Å²) in [6.45, 7) is 6.71. The number of benzene rings is 1. The Bertz CT molecular complexity index is 795. The van der Waals surface area contributed by atoms with Gasteiger partial charge in [-0.1, -0.05) is 31.0 Å². The van der Waals surface area contributed by atoms with Gasteiger partial charge in [-0.15, -0.1) is 0 Å². The standard InChI is InChI=1S/C24H35N5O3/c1-19(30)26-11-15-28(16-12-26)23(31)22(20-7-5-6-8-20)27-13-17-29(18-14-27)24(32)25-21-9-3-2-4-10-21/h2-4,9-10,20,22H,5-8,11-18H2,1H3,(H,25,32)/t22-/m0/s1. The first-order valence-electron chi connectivity index (χ1n) is 11.9. The minimum atomic E-state index is -0.110. The number of carbonyl (C=O) groups excluding carboxylic acids is 3. The molecule has 0 bridgehead atoms. The first kappa shape index (κ1) is 22.6. The molecule has 1 saturated carbocycles. The minimum absolute atomic E-state index is 0.0781. The van der Waals surface area contributed by atoms with Crippen LogP contribution in [0.5, 0.6) is 0 Å². The van der Waals surface area contributed by atoms with Crippen molar-refractivity contribution in [3.63, 3.8) is 0 Å². The molecular weight excluding hydrogens is 406 g/mol. The lowest BCUT2D eigenvalue weighted by Gasteiger charge is -2.43. The van der Waals surface area contributed by atoms with E-state index in [-0.39, 0.29) is 23.9 Å². The maximum atomic E-state index is 13.6. The molecule has 8 heteroatoms. The van der Waals surface area contributed by atoms with Crippen molar-refractivity contribution >= 4 is 23.5 Å². The summed E-state index contributed by atoms with van der Waals surface area (Å²) < 4.78 is 0. The molecule has 8 nitrogen and oxygen atoms in total. The van der Waals surface area contributed by atoms with Crippen molar-refractivity contribution < 1.29 is 14.4 Å². The van der Waals surface area contributed by atoms with Gasteiger partial charge in [0.2, 0.25) is 11.8 Å². The molecule has 3 fully saturated rings. The van der Waals surface area contributed by atoms with Crippen LogP contribution in [0, 0.1) is 5.92 Å². The van der Waals surface area contributed by atoms with E-state index in [1.165, 1.54) is 12.8 Å². The largest absolute Gasteiger partial charge is 0.339 e. The fraction of sp³-hybridized carbons (Fsp3) is 0.625. The summed E-state index contributed by atoms with van der Waals surface area (Å²) in [6, 6.07) is 9.31. The third-order valence-corrected chi connectivity index (χ3v) is 7.16. The molecular formula is C24H35N5O3. The van der Waals surface area contributed by atoms with Crippen LogP contribution in [-0.4, -0.2) is 95.8 Å². The summed E-state index contributed by atoms with van der Waals surface area (Å²) in [5.74, 6) is 0.676. The third-order valence-electron chi connectivity index (χ3n) is 7.16. The Morgan fingerprint density at radius 1 is 0.812 bits per heavy atom. The Balaban J connectivity index is 1.36. The normalized spacial score (nSPS) is 21.5. The summed E-state index contributed by atoms with van der Waals surface area (Å²) in [5, 5.41) is 2.96. The van der Waals surface area contributed by atoms with Crippen LogP contribution in [0.3, 0.4) is 0 Å². The highest BCUT2D eigenvalue weighted by Gasteiger charge is 2.40. The van der Waals surface area contributed by atoms with Gasteiger partial charge in [0.1, 0.15) is 0 Å². The van der Waals surface area contributed by atoms with Crippen molar-refractivity contribution in [1.29, 1.82) is 0 Å². The number of hydrogen-bond acceptors (Lipinski definition) is 4. The topological polar surface area (TPSA) is 76.2 Å². The number of anilines is 1. The first-order valence-corrected chi connectivity index (χ1v) is 11.9. The van der Waals surface area contributed by atoms with Crippen molar-refractivity contribution in [2.45, 2.75) is 38.6 Å². The SMILES string of the molecule is CC(=O)N1CCN(C(=O)[C@H](C2CCCC2)N2CCN(C(=O)Nc3ccccc3)CC2)CC1. The van der Waals surface area contributed by atoms with E-state index in [2.05, 4.69) is 10.2 Å². The second-order valence-corrected chi connectivity index (χ2v) is 9.14. The molecule has 1 aromatic rings. The van der Waals surface area contributed by atoms with E-state index in [1.54, 1.807) is 6.92 Å². The maximum Gasteiger partial charge on any atom is 0.321 e. The van der Waals surface area contributed by atoms with Crippen LogP contribution in [0.15, 0.2) is 30.3 Å². The van der Waals surface area contributed by atoms with Gasteiger partial charge in [0.05, 0.1) is 6.04 Å². The van der Waals surface area contributed by atoms with E-state index in [1.807, 2.05) is 45.0 Å². The molecule has 2 saturated heterocycles. The van der Waals surface area contributed by atoms with Gasteiger partial charge in [-0.05, 0) is 30.9 Å². The smallest absolute Gasteiger partial charge is 0.321 e. The second kappa shape index (κ2) is 10.3. The van der Waals surface area contributed by atoms with Gasteiger partial charge < -0.3 is 20.0 Å². The van der Waals surface area contributed by atoms with Gasteiger partial charge in [0.15, 0.2) is 0 Å². The number of nitrogens with zero attached hydrogens (tertiary/aromatic N) is 4. The molecule has 1 N–H and O–H groups in total. The minimum Gasteiger partial charge on any atom is -0.339 e. The lowest BCUT2D eigenvalue weighted by Crippen LogP contribution is -2.61. The van der Waals surface area contributed by atoms with Crippen LogP contribution < -0.4 is 5.32 Å². The van der Waals surface area contributed by atoms with E-state index < -0.39 is 0 Å². The number of hydrogen-bond donors (Lipinski definition) is 1. The summed E-state index contributed by atoms with van der Waals surface area (Å²) in [7, 11) is 0. The van der Waals surface area contributed by atoms with Crippen molar-refractivity contribution in [3.05, 3.63) is 30.3 Å². The van der Waals surface area contributed by atoms with E-state index in [4.69, 9.17) is 0 Å². The molecule has 4 amide bonds. The van der Waals surface area contributed by atoms with E-state index >= 15 is 0 Å². The average molecular weight is 442 g/mol. The van der Waals surface area contributed by atoms with Crippen LogP contribution in [0.1, 0.15) is 32.6 Å². The molecule has 1 atom stereocenters. The van der Waals surface area contributed by atoms with Crippen molar-refractivity contribution in [2.24, 2.45) is 5.92 Å². The van der Waals surface area contributed by atoms with Crippen molar-refractivity contribution in [1.82, 2.24) is 19.6 Å². The Kier molecular flexibility index (Phi) is 7.29.